The number of rotatable bonds is 5. The van der Waals surface area contributed by atoms with Crippen molar-refractivity contribution >= 4 is 37.9 Å². The summed E-state index contributed by atoms with van der Waals surface area (Å²) >= 11 is 7.02. The van der Waals surface area contributed by atoms with Gasteiger partial charge >= 0.3 is 0 Å². The maximum atomic E-state index is 5.44. The number of likely N-dealkylation sites (N-methyl/N-ethyl adjacent to an activating group) is 1. The number of halogens is 2. The zero-order valence-electron chi connectivity index (χ0n) is 11.2. The minimum absolute atomic E-state index is 0.359. The minimum Gasteiger partial charge on any atom is -0.495 e. The van der Waals surface area contributed by atoms with Crippen LogP contribution >= 0.6 is 31.9 Å². The normalized spacial score (nSPS) is 13.6. The van der Waals surface area contributed by atoms with Gasteiger partial charge in [0.2, 0.25) is 0 Å². The Morgan fingerprint density at radius 2 is 2.11 bits per heavy atom. The number of hydrogen-bond acceptors (Lipinski definition) is 2. The number of ether oxygens (including phenoxy) is 1. The first kappa shape index (κ1) is 15.7. The molecule has 0 heterocycles. The fraction of sp³-hybridized carbons (Fsp3) is 0.429. The lowest BCUT2D eigenvalue weighted by Gasteiger charge is -2.14. The third-order valence-corrected chi connectivity index (χ3v) is 3.86. The zero-order chi connectivity index (χ0) is 13.7. The van der Waals surface area contributed by atoms with Gasteiger partial charge in [0.15, 0.2) is 0 Å². The van der Waals surface area contributed by atoms with Crippen LogP contribution in [0.15, 0.2) is 26.7 Å². The molecule has 1 unspecified atom stereocenters. The molecule has 0 aliphatic carbocycles. The first-order valence-electron chi connectivity index (χ1n) is 5.94. The first-order chi connectivity index (χ1) is 8.49. The van der Waals surface area contributed by atoms with E-state index in [9.17, 15) is 0 Å². The van der Waals surface area contributed by atoms with Crippen molar-refractivity contribution in [1.82, 2.24) is 5.32 Å². The largest absolute Gasteiger partial charge is 0.495 e. The van der Waals surface area contributed by atoms with Crippen molar-refractivity contribution in [2.45, 2.75) is 26.8 Å². The predicted molar refractivity (Wildman–Crippen MR) is 85.2 cm³/mol. The van der Waals surface area contributed by atoms with Crippen LogP contribution in [0.2, 0.25) is 0 Å². The lowest BCUT2D eigenvalue weighted by Crippen LogP contribution is -2.26. The van der Waals surface area contributed by atoms with Crippen LogP contribution in [0.4, 0.5) is 0 Å². The molecule has 1 atom stereocenters. The highest BCUT2D eigenvalue weighted by Crippen LogP contribution is 2.34. The summed E-state index contributed by atoms with van der Waals surface area (Å²) in [4.78, 5) is 0. The SMILES string of the molecule is CCNC(C)/C(C)=C/c1cc(Br)cc(Br)c1OC. The van der Waals surface area contributed by atoms with E-state index in [2.05, 4.69) is 70.1 Å². The van der Waals surface area contributed by atoms with E-state index in [-0.39, 0.29) is 0 Å². The second-order valence-electron chi connectivity index (χ2n) is 4.18. The Morgan fingerprint density at radius 3 is 2.67 bits per heavy atom. The molecule has 1 aromatic rings. The van der Waals surface area contributed by atoms with Gasteiger partial charge in [-0.15, -0.1) is 0 Å². The molecular weight excluding hydrogens is 358 g/mol. The Balaban J connectivity index is 3.13. The Bertz CT molecular complexity index is 444. The zero-order valence-corrected chi connectivity index (χ0v) is 14.4. The molecule has 0 radical (unpaired) electrons. The van der Waals surface area contributed by atoms with Gasteiger partial charge in [0.1, 0.15) is 5.75 Å². The van der Waals surface area contributed by atoms with Gasteiger partial charge in [-0.1, -0.05) is 34.5 Å². The van der Waals surface area contributed by atoms with Gasteiger partial charge in [-0.2, -0.15) is 0 Å². The average molecular weight is 377 g/mol. The van der Waals surface area contributed by atoms with Crippen molar-refractivity contribution < 1.29 is 4.74 Å². The number of hydrogen-bond donors (Lipinski definition) is 1. The van der Waals surface area contributed by atoms with Crippen LogP contribution in [0.1, 0.15) is 26.3 Å². The molecular formula is C14H19Br2NO. The van der Waals surface area contributed by atoms with Gasteiger partial charge in [-0.05, 0) is 48.5 Å². The quantitative estimate of drug-likeness (QED) is 0.809. The Morgan fingerprint density at radius 1 is 1.44 bits per heavy atom. The van der Waals surface area contributed by atoms with E-state index in [0.29, 0.717) is 6.04 Å². The third-order valence-electron chi connectivity index (χ3n) is 2.82. The summed E-state index contributed by atoms with van der Waals surface area (Å²) in [5, 5.41) is 3.40. The molecule has 18 heavy (non-hydrogen) atoms. The summed E-state index contributed by atoms with van der Waals surface area (Å²) in [6.45, 7) is 7.36. The Hall–Kier alpha value is -0.320. The van der Waals surface area contributed by atoms with Crippen LogP contribution in [0.25, 0.3) is 6.08 Å². The van der Waals surface area contributed by atoms with E-state index in [0.717, 1.165) is 26.8 Å². The summed E-state index contributed by atoms with van der Waals surface area (Å²) in [6.07, 6.45) is 2.15. The van der Waals surface area contributed by atoms with Gasteiger partial charge in [0.05, 0.1) is 11.6 Å². The Kier molecular flexibility index (Phi) is 6.39. The third kappa shape index (κ3) is 4.11. The van der Waals surface area contributed by atoms with Crippen LogP contribution in [-0.2, 0) is 0 Å². The fourth-order valence-corrected chi connectivity index (χ4v) is 3.16. The van der Waals surface area contributed by atoms with Crippen molar-refractivity contribution in [1.29, 1.82) is 0 Å². The van der Waals surface area contributed by atoms with Crippen molar-refractivity contribution in [3.05, 3.63) is 32.2 Å². The van der Waals surface area contributed by atoms with Gasteiger partial charge in [0, 0.05) is 16.1 Å². The van der Waals surface area contributed by atoms with Crippen LogP contribution in [-0.4, -0.2) is 19.7 Å². The number of methoxy groups -OCH3 is 1. The summed E-state index contributed by atoms with van der Waals surface area (Å²) < 4.78 is 7.42. The average Bonchev–Trinajstić information content (AvgIpc) is 2.28. The molecule has 0 aromatic heterocycles. The maximum Gasteiger partial charge on any atom is 0.140 e. The van der Waals surface area contributed by atoms with Crippen molar-refractivity contribution in [2.24, 2.45) is 0 Å². The van der Waals surface area contributed by atoms with E-state index in [1.54, 1.807) is 7.11 Å². The smallest absolute Gasteiger partial charge is 0.140 e. The molecule has 0 aliphatic rings. The van der Waals surface area contributed by atoms with Crippen molar-refractivity contribution in [3.63, 3.8) is 0 Å². The lowest BCUT2D eigenvalue weighted by molar-refractivity contribution is 0.411. The monoisotopic (exact) mass is 375 g/mol. The van der Waals surface area contributed by atoms with Crippen LogP contribution < -0.4 is 10.1 Å². The highest BCUT2D eigenvalue weighted by Gasteiger charge is 2.09. The van der Waals surface area contributed by atoms with Gasteiger partial charge in [-0.3, -0.25) is 0 Å². The van der Waals surface area contributed by atoms with E-state index in [1.165, 1.54) is 5.57 Å². The second kappa shape index (κ2) is 7.31. The van der Waals surface area contributed by atoms with E-state index < -0.39 is 0 Å². The molecule has 1 aromatic carbocycles. The molecule has 0 fully saturated rings. The minimum atomic E-state index is 0.359. The van der Waals surface area contributed by atoms with E-state index >= 15 is 0 Å². The molecule has 0 saturated heterocycles. The van der Waals surface area contributed by atoms with Crippen LogP contribution in [0, 0.1) is 0 Å². The van der Waals surface area contributed by atoms with Crippen LogP contribution in [0.5, 0.6) is 5.75 Å². The standard InChI is InChI=1S/C14H19Br2NO/c1-5-17-10(3)9(2)6-11-7-12(15)8-13(16)14(11)18-4/h6-8,10,17H,5H2,1-4H3/b9-6+. The molecule has 2 nitrogen and oxygen atoms in total. The van der Waals surface area contributed by atoms with Crippen LogP contribution in [0.3, 0.4) is 0 Å². The molecule has 0 bridgehead atoms. The molecule has 0 aliphatic heterocycles. The summed E-state index contributed by atoms with van der Waals surface area (Å²) in [6, 6.07) is 4.41. The molecule has 100 valence electrons. The molecule has 0 spiro atoms. The second-order valence-corrected chi connectivity index (χ2v) is 5.95. The summed E-state index contributed by atoms with van der Waals surface area (Å²) in [5.74, 6) is 0.862. The van der Waals surface area contributed by atoms with Crippen molar-refractivity contribution in [2.75, 3.05) is 13.7 Å². The molecule has 1 rings (SSSR count). The highest BCUT2D eigenvalue weighted by molar-refractivity contribution is 9.11. The first-order valence-corrected chi connectivity index (χ1v) is 7.52. The summed E-state index contributed by atoms with van der Waals surface area (Å²) in [7, 11) is 1.69. The van der Waals surface area contributed by atoms with Gasteiger partial charge < -0.3 is 10.1 Å². The molecule has 0 saturated carbocycles. The highest BCUT2D eigenvalue weighted by atomic mass is 79.9. The van der Waals surface area contributed by atoms with E-state index in [1.807, 2.05) is 6.07 Å². The molecule has 1 N–H and O–H groups in total. The van der Waals surface area contributed by atoms with Crippen molar-refractivity contribution in [3.8, 4) is 5.75 Å². The van der Waals surface area contributed by atoms with E-state index in [4.69, 9.17) is 4.74 Å². The molecule has 0 amide bonds. The fourth-order valence-electron chi connectivity index (χ4n) is 1.74. The maximum absolute atomic E-state index is 5.44. The molecule has 4 heteroatoms. The van der Waals surface area contributed by atoms with Gasteiger partial charge in [0.25, 0.3) is 0 Å². The van der Waals surface area contributed by atoms with Gasteiger partial charge in [-0.25, -0.2) is 0 Å². The number of nitrogens with one attached hydrogen (secondary N) is 1. The Labute approximate surface area is 126 Å². The lowest BCUT2D eigenvalue weighted by atomic mass is 10.1. The topological polar surface area (TPSA) is 21.3 Å². The number of benzene rings is 1. The predicted octanol–water partition coefficient (Wildman–Crippen LogP) is 4.62. The summed E-state index contributed by atoms with van der Waals surface area (Å²) in [5.41, 5.74) is 2.35.